The van der Waals surface area contributed by atoms with Gasteiger partial charge in [-0.3, -0.25) is 4.79 Å². The number of rotatable bonds is 5. The van der Waals surface area contributed by atoms with Crippen LogP contribution in [0.5, 0.6) is 11.5 Å². The Bertz CT molecular complexity index is 413. The number of amides is 1. The highest BCUT2D eigenvalue weighted by Crippen LogP contribution is 2.26. The molecule has 1 aromatic carbocycles. The Labute approximate surface area is 101 Å². The van der Waals surface area contributed by atoms with Gasteiger partial charge in [0, 0.05) is 13.5 Å². The van der Waals surface area contributed by atoms with Gasteiger partial charge in [0.1, 0.15) is 0 Å². The van der Waals surface area contributed by atoms with Crippen LogP contribution in [-0.2, 0) is 4.79 Å². The van der Waals surface area contributed by atoms with E-state index in [2.05, 4.69) is 5.32 Å². The molecular formula is C13H17NO3. The minimum Gasteiger partial charge on any atom is -0.504 e. The van der Waals surface area contributed by atoms with Gasteiger partial charge in [-0.2, -0.15) is 0 Å². The zero-order valence-corrected chi connectivity index (χ0v) is 10.1. The van der Waals surface area contributed by atoms with Crippen molar-refractivity contribution in [1.82, 2.24) is 5.32 Å². The van der Waals surface area contributed by atoms with Crippen LogP contribution in [0.2, 0.25) is 0 Å². The van der Waals surface area contributed by atoms with Crippen molar-refractivity contribution in [2.24, 2.45) is 0 Å². The van der Waals surface area contributed by atoms with E-state index >= 15 is 0 Å². The number of aromatic hydroxyl groups is 1. The zero-order chi connectivity index (χ0) is 12.7. The Kier molecular flexibility index (Phi) is 5.07. The Morgan fingerprint density at radius 1 is 1.53 bits per heavy atom. The summed E-state index contributed by atoms with van der Waals surface area (Å²) in [4.78, 5) is 10.6. The third-order valence-corrected chi connectivity index (χ3v) is 2.20. The molecule has 0 aromatic heterocycles. The molecule has 0 heterocycles. The van der Waals surface area contributed by atoms with Crippen molar-refractivity contribution in [3.8, 4) is 11.5 Å². The molecule has 92 valence electrons. The fraction of sp³-hybridized carbons (Fsp3) is 0.308. The number of carbonyl (C=O) groups is 1. The molecule has 0 aliphatic rings. The lowest BCUT2D eigenvalue weighted by Crippen LogP contribution is -2.20. The average Bonchev–Trinajstić information content (AvgIpc) is 2.30. The molecule has 4 heteroatoms. The highest BCUT2D eigenvalue weighted by Gasteiger charge is 1.99. The predicted octanol–water partition coefficient (Wildman–Crippen LogP) is 1.94. The number of ether oxygens (including phenoxy) is 1. The second-order valence-electron chi connectivity index (χ2n) is 3.61. The van der Waals surface area contributed by atoms with E-state index in [1.807, 2.05) is 12.2 Å². The van der Waals surface area contributed by atoms with Crippen LogP contribution in [-0.4, -0.2) is 24.7 Å². The second kappa shape index (κ2) is 6.58. The minimum atomic E-state index is -0.0234. The van der Waals surface area contributed by atoms with Gasteiger partial charge in [0.25, 0.3) is 0 Å². The molecule has 0 atom stereocenters. The summed E-state index contributed by atoms with van der Waals surface area (Å²) in [5, 5.41) is 12.1. The summed E-state index contributed by atoms with van der Waals surface area (Å²) in [6.07, 6.45) is 4.65. The number of phenolic OH excluding ortho intramolecular Hbond substituents is 1. The lowest BCUT2D eigenvalue weighted by atomic mass is 10.2. The number of hydrogen-bond donors (Lipinski definition) is 2. The first kappa shape index (κ1) is 13.1. The maximum Gasteiger partial charge on any atom is 0.216 e. The minimum absolute atomic E-state index is 0.0234. The monoisotopic (exact) mass is 235 g/mol. The fourth-order valence-corrected chi connectivity index (χ4v) is 1.35. The number of nitrogens with one attached hydrogen (secondary N) is 1. The molecular weight excluding hydrogens is 218 g/mol. The normalized spacial score (nSPS) is 10.5. The van der Waals surface area contributed by atoms with Gasteiger partial charge in [-0.25, -0.2) is 0 Å². The molecule has 0 spiro atoms. The molecule has 0 bridgehead atoms. The fourth-order valence-electron chi connectivity index (χ4n) is 1.35. The van der Waals surface area contributed by atoms with Gasteiger partial charge in [-0.15, -0.1) is 0 Å². The van der Waals surface area contributed by atoms with Gasteiger partial charge in [-0.1, -0.05) is 18.2 Å². The molecule has 1 amide bonds. The van der Waals surface area contributed by atoms with Crippen LogP contribution < -0.4 is 10.1 Å². The highest BCUT2D eigenvalue weighted by molar-refractivity contribution is 5.72. The van der Waals surface area contributed by atoms with Crippen LogP contribution in [0.1, 0.15) is 18.9 Å². The van der Waals surface area contributed by atoms with E-state index in [9.17, 15) is 9.90 Å². The van der Waals surface area contributed by atoms with E-state index in [1.165, 1.54) is 14.0 Å². The predicted molar refractivity (Wildman–Crippen MR) is 67.0 cm³/mol. The Morgan fingerprint density at radius 3 is 2.94 bits per heavy atom. The molecule has 0 saturated carbocycles. The van der Waals surface area contributed by atoms with Gasteiger partial charge in [-0.05, 0) is 24.1 Å². The molecule has 0 unspecified atom stereocenters. The van der Waals surface area contributed by atoms with Gasteiger partial charge in [0.15, 0.2) is 11.5 Å². The summed E-state index contributed by atoms with van der Waals surface area (Å²) >= 11 is 0. The first-order valence-corrected chi connectivity index (χ1v) is 5.41. The summed E-state index contributed by atoms with van der Waals surface area (Å²) in [7, 11) is 1.51. The van der Waals surface area contributed by atoms with Crippen LogP contribution in [0.25, 0.3) is 6.08 Å². The molecule has 17 heavy (non-hydrogen) atoms. The molecule has 0 aliphatic carbocycles. The van der Waals surface area contributed by atoms with Gasteiger partial charge >= 0.3 is 0 Å². The van der Waals surface area contributed by atoms with Crippen molar-refractivity contribution in [1.29, 1.82) is 0 Å². The molecule has 0 saturated heterocycles. The molecule has 0 radical (unpaired) electrons. The van der Waals surface area contributed by atoms with Crippen molar-refractivity contribution >= 4 is 12.0 Å². The maximum absolute atomic E-state index is 10.6. The molecule has 1 aromatic rings. The summed E-state index contributed by atoms with van der Waals surface area (Å²) in [6, 6.07) is 5.14. The van der Waals surface area contributed by atoms with Gasteiger partial charge in [0.05, 0.1) is 7.11 Å². The van der Waals surface area contributed by atoms with E-state index < -0.39 is 0 Å². The van der Waals surface area contributed by atoms with Gasteiger partial charge < -0.3 is 15.2 Å². The van der Waals surface area contributed by atoms with Gasteiger partial charge in [0.2, 0.25) is 5.91 Å². The van der Waals surface area contributed by atoms with E-state index in [4.69, 9.17) is 4.74 Å². The molecule has 2 N–H and O–H groups in total. The number of benzene rings is 1. The maximum atomic E-state index is 10.6. The average molecular weight is 235 g/mol. The van der Waals surface area contributed by atoms with E-state index in [-0.39, 0.29) is 11.7 Å². The third-order valence-electron chi connectivity index (χ3n) is 2.20. The van der Waals surface area contributed by atoms with Crippen LogP contribution in [0, 0.1) is 0 Å². The van der Waals surface area contributed by atoms with Crippen molar-refractivity contribution in [3.05, 3.63) is 29.8 Å². The molecule has 0 fully saturated rings. The smallest absolute Gasteiger partial charge is 0.216 e. The number of carbonyl (C=O) groups excluding carboxylic acids is 1. The number of hydrogen-bond acceptors (Lipinski definition) is 3. The summed E-state index contributed by atoms with van der Waals surface area (Å²) in [6.45, 7) is 2.12. The highest BCUT2D eigenvalue weighted by atomic mass is 16.5. The van der Waals surface area contributed by atoms with E-state index in [0.717, 1.165) is 12.0 Å². The molecule has 4 nitrogen and oxygen atoms in total. The first-order valence-electron chi connectivity index (χ1n) is 5.41. The zero-order valence-electron chi connectivity index (χ0n) is 10.1. The molecule has 1 rings (SSSR count). The lowest BCUT2D eigenvalue weighted by Gasteiger charge is -2.03. The number of phenols is 1. The summed E-state index contributed by atoms with van der Waals surface area (Å²) in [5.41, 5.74) is 0.947. The quantitative estimate of drug-likeness (QED) is 0.767. The summed E-state index contributed by atoms with van der Waals surface area (Å²) in [5.74, 6) is 0.557. The van der Waals surface area contributed by atoms with Crippen LogP contribution in [0.15, 0.2) is 24.3 Å². The SMILES string of the molecule is COc1cc(C=CCCNC(C)=O)ccc1O. The van der Waals surface area contributed by atoms with Crippen molar-refractivity contribution in [2.75, 3.05) is 13.7 Å². The second-order valence-corrected chi connectivity index (χ2v) is 3.61. The lowest BCUT2D eigenvalue weighted by molar-refractivity contribution is -0.118. The standard InChI is InChI=1S/C13H17NO3/c1-10(15)14-8-4-3-5-11-6-7-12(16)13(9-11)17-2/h3,5-7,9,16H,4,8H2,1-2H3,(H,14,15). The topological polar surface area (TPSA) is 58.6 Å². The van der Waals surface area contributed by atoms with Crippen molar-refractivity contribution in [2.45, 2.75) is 13.3 Å². The number of methoxy groups -OCH3 is 1. The molecule has 0 aliphatic heterocycles. The van der Waals surface area contributed by atoms with E-state index in [0.29, 0.717) is 12.3 Å². The third kappa shape index (κ3) is 4.59. The van der Waals surface area contributed by atoms with Crippen molar-refractivity contribution < 1.29 is 14.6 Å². The van der Waals surface area contributed by atoms with Crippen molar-refractivity contribution in [3.63, 3.8) is 0 Å². The first-order chi connectivity index (χ1) is 8.13. The van der Waals surface area contributed by atoms with Crippen LogP contribution >= 0.6 is 0 Å². The van der Waals surface area contributed by atoms with Crippen LogP contribution in [0.4, 0.5) is 0 Å². The van der Waals surface area contributed by atoms with Crippen LogP contribution in [0.3, 0.4) is 0 Å². The Hall–Kier alpha value is -1.97. The Morgan fingerprint density at radius 2 is 2.29 bits per heavy atom. The van der Waals surface area contributed by atoms with E-state index in [1.54, 1.807) is 18.2 Å². The largest absolute Gasteiger partial charge is 0.504 e. The Balaban J connectivity index is 2.50. The summed E-state index contributed by atoms with van der Waals surface area (Å²) < 4.78 is 5.00.